The minimum atomic E-state index is -0.271. The van der Waals surface area contributed by atoms with Gasteiger partial charge in [-0.1, -0.05) is 54.1 Å². The highest BCUT2D eigenvalue weighted by atomic mass is 19.1. The fraction of sp³-hybridized carbons (Fsp3) is 0.222. The number of nitrogens with zero attached hydrogens (tertiary/aromatic N) is 1. The molecule has 158 valence electrons. The zero-order valence-electron chi connectivity index (χ0n) is 18.0. The molecule has 3 aromatic carbocycles. The van der Waals surface area contributed by atoms with Crippen molar-refractivity contribution in [1.29, 1.82) is 0 Å². The lowest BCUT2D eigenvalue weighted by Crippen LogP contribution is -2.22. The predicted octanol–water partition coefficient (Wildman–Crippen LogP) is 5.69. The van der Waals surface area contributed by atoms with Gasteiger partial charge >= 0.3 is 0 Å². The fourth-order valence-corrected chi connectivity index (χ4v) is 3.95. The van der Waals surface area contributed by atoms with Gasteiger partial charge in [0.25, 0.3) is 0 Å². The van der Waals surface area contributed by atoms with Gasteiger partial charge in [0.2, 0.25) is 5.91 Å². The van der Waals surface area contributed by atoms with Crippen molar-refractivity contribution in [2.45, 2.75) is 39.8 Å². The van der Waals surface area contributed by atoms with Gasteiger partial charge in [-0.15, -0.1) is 0 Å². The number of para-hydroxylation sites is 1. The maximum atomic E-state index is 13.0. The molecule has 1 aromatic heterocycles. The van der Waals surface area contributed by atoms with Crippen LogP contribution in [0.1, 0.15) is 34.2 Å². The molecular weight excluding hydrogens is 387 g/mol. The summed E-state index contributed by atoms with van der Waals surface area (Å²) in [6.45, 7) is 5.48. The molecule has 0 aliphatic heterocycles. The van der Waals surface area contributed by atoms with Crippen LogP contribution in [0.5, 0.6) is 0 Å². The third-order valence-electron chi connectivity index (χ3n) is 5.74. The number of fused-ring (bicyclic) bond motifs is 1. The van der Waals surface area contributed by atoms with Crippen molar-refractivity contribution < 1.29 is 9.18 Å². The molecule has 4 rings (SSSR count). The zero-order valence-corrected chi connectivity index (χ0v) is 18.0. The number of carbonyl (C=O) groups is 1. The summed E-state index contributed by atoms with van der Waals surface area (Å²) in [6, 6.07) is 21.1. The van der Waals surface area contributed by atoms with Gasteiger partial charge in [-0.05, 0) is 60.7 Å². The molecule has 1 amide bonds. The van der Waals surface area contributed by atoms with E-state index in [-0.39, 0.29) is 11.7 Å². The summed E-state index contributed by atoms with van der Waals surface area (Å²) in [4.78, 5) is 12.4. The summed E-state index contributed by atoms with van der Waals surface area (Å²) in [5.74, 6) is -0.275. The van der Waals surface area contributed by atoms with E-state index in [1.54, 1.807) is 12.1 Å². The number of carbonyl (C=O) groups excluding carboxylic acids is 1. The molecule has 0 saturated heterocycles. The largest absolute Gasteiger partial charge is 0.352 e. The first-order chi connectivity index (χ1) is 15.0. The number of nitrogens with one attached hydrogen (secondary N) is 1. The van der Waals surface area contributed by atoms with Crippen LogP contribution in [0.2, 0.25) is 0 Å². The Morgan fingerprint density at radius 2 is 1.74 bits per heavy atom. The van der Waals surface area contributed by atoms with Crippen molar-refractivity contribution in [3.05, 3.63) is 107 Å². The van der Waals surface area contributed by atoms with Gasteiger partial charge in [0, 0.05) is 36.6 Å². The number of hydrogen-bond acceptors (Lipinski definition) is 1. The summed E-state index contributed by atoms with van der Waals surface area (Å²) in [6.07, 6.45) is 3.27. The summed E-state index contributed by atoms with van der Waals surface area (Å²) in [5, 5.41) is 4.12. The minimum absolute atomic E-state index is 0.00400. The molecule has 0 aliphatic rings. The van der Waals surface area contributed by atoms with Crippen molar-refractivity contribution in [1.82, 2.24) is 9.88 Å². The first kappa shape index (κ1) is 20.9. The van der Waals surface area contributed by atoms with E-state index in [4.69, 9.17) is 0 Å². The molecule has 1 heterocycles. The number of halogens is 1. The number of rotatable bonds is 7. The molecule has 0 bridgehead atoms. The van der Waals surface area contributed by atoms with Gasteiger partial charge < -0.3 is 9.88 Å². The maximum Gasteiger partial charge on any atom is 0.220 e. The van der Waals surface area contributed by atoms with Crippen LogP contribution in [0.25, 0.3) is 10.9 Å². The Balaban J connectivity index is 1.46. The SMILES string of the molecule is Cc1ccc(C)c(Cn2cc(CCC(=O)NCc3ccc(F)cc3)c3ccccc32)c1. The fourth-order valence-electron chi connectivity index (χ4n) is 3.95. The van der Waals surface area contributed by atoms with E-state index in [9.17, 15) is 9.18 Å². The van der Waals surface area contributed by atoms with Gasteiger partial charge in [-0.25, -0.2) is 4.39 Å². The Hall–Kier alpha value is -3.40. The molecule has 0 spiro atoms. The molecule has 0 fully saturated rings. The van der Waals surface area contributed by atoms with Crippen LogP contribution >= 0.6 is 0 Å². The monoisotopic (exact) mass is 414 g/mol. The highest BCUT2D eigenvalue weighted by molar-refractivity contribution is 5.85. The molecule has 0 saturated carbocycles. The number of benzene rings is 3. The summed E-state index contributed by atoms with van der Waals surface area (Å²) < 4.78 is 15.3. The van der Waals surface area contributed by atoms with Crippen LogP contribution in [0.15, 0.2) is 72.9 Å². The average Bonchev–Trinajstić information content (AvgIpc) is 3.12. The first-order valence-electron chi connectivity index (χ1n) is 10.6. The van der Waals surface area contributed by atoms with Crippen LogP contribution in [-0.4, -0.2) is 10.5 Å². The second-order valence-corrected chi connectivity index (χ2v) is 8.13. The van der Waals surface area contributed by atoms with Crippen LogP contribution < -0.4 is 5.32 Å². The van der Waals surface area contributed by atoms with Gasteiger partial charge in [0.05, 0.1) is 0 Å². The Kier molecular flexibility index (Phi) is 6.17. The smallest absolute Gasteiger partial charge is 0.220 e. The standard InChI is InChI=1S/C27H27FN2O/c1-19-7-8-20(2)23(15-19)18-30-17-22(25-5-3-4-6-26(25)30)11-14-27(31)29-16-21-9-12-24(28)13-10-21/h3-10,12-13,15,17H,11,14,16,18H2,1-2H3,(H,29,31). The number of aromatic nitrogens is 1. The Labute approximate surface area is 182 Å². The predicted molar refractivity (Wildman–Crippen MR) is 124 cm³/mol. The van der Waals surface area contributed by atoms with Crippen LogP contribution in [0, 0.1) is 19.7 Å². The van der Waals surface area contributed by atoms with Crippen molar-refractivity contribution in [2.75, 3.05) is 0 Å². The highest BCUT2D eigenvalue weighted by Gasteiger charge is 2.11. The lowest BCUT2D eigenvalue weighted by atomic mass is 10.1. The Morgan fingerprint density at radius 3 is 2.55 bits per heavy atom. The van der Waals surface area contributed by atoms with Crippen molar-refractivity contribution in [3.63, 3.8) is 0 Å². The zero-order chi connectivity index (χ0) is 21.8. The highest BCUT2D eigenvalue weighted by Crippen LogP contribution is 2.24. The minimum Gasteiger partial charge on any atom is -0.352 e. The molecule has 3 nitrogen and oxygen atoms in total. The average molecular weight is 415 g/mol. The van der Waals surface area contributed by atoms with Crippen molar-refractivity contribution in [2.24, 2.45) is 0 Å². The summed E-state index contributed by atoms with van der Waals surface area (Å²) in [5.41, 5.74) is 7.10. The van der Waals surface area contributed by atoms with Crippen LogP contribution in [0.4, 0.5) is 4.39 Å². The van der Waals surface area contributed by atoms with Crippen LogP contribution in [0.3, 0.4) is 0 Å². The summed E-state index contributed by atoms with van der Waals surface area (Å²) in [7, 11) is 0. The van der Waals surface area contributed by atoms with E-state index in [1.165, 1.54) is 45.3 Å². The quantitative estimate of drug-likeness (QED) is 0.414. The lowest BCUT2D eigenvalue weighted by molar-refractivity contribution is -0.121. The van der Waals surface area contributed by atoms with E-state index in [1.807, 2.05) is 6.07 Å². The third-order valence-corrected chi connectivity index (χ3v) is 5.74. The molecule has 0 aliphatic carbocycles. The summed E-state index contributed by atoms with van der Waals surface area (Å²) >= 11 is 0. The Bertz CT molecular complexity index is 1210. The normalized spacial score (nSPS) is 11.1. The molecule has 0 unspecified atom stereocenters. The molecule has 31 heavy (non-hydrogen) atoms. The number of amides is 1. The van der Waals surface area contributed by atoms with Gasteiger partial charge in [0.1, 0.15) is 5.82 Å². The molecule has 1 N–H and O–H groups in total. The van der Waals surface area contributed by atoms with E-state index in [0.29, 0.717) is 19.4 Å². The maximum absolute atomic E-state index is 13.0. The number of hydrogen-bond donors (Lipinski definition) is 1. The van der Waals surface area contributed by atoms with Crippen molar-refractivity contribution >= 4 is 16.8 Å². The Morgan fingerprint density at radius 1 is 0.968 bits per heavy atom. The van der Waals surface area contributed by atoms with Crippen LogP contribution in [-0.2, 0) is 24.3 Å². The van der Waals surface area contributed by atoms with E-state index in [2.05, 4.69) is 66.3 Å². The van der Waals surface area contributed by atoms with Gasteiger partial charge in [0.15, 0.2) is 0 Å². The topological polar surface area (TPSA) is 34.0 Å². The van der Waals surface area contributed by atoms with Crippen molar-refractivity contribution in [3.8, 4) is 0 Å². The second-order valence-electron chi connectivity index (χ2n) is 8.13. The van der Waals surface area contributed by atoms with E-state index >= 15 is 0 Å². The first-order valence-corrected chi connectivity index (χ1v) is 10.6. The number of aryl methyl sites for hydroxylation is 3. The van der Waals surface area contributed by atoms with E-state index < -0.39 is 0 Å². The van der Waals surface area contributed by atoms with Gasteiger partial charge in [-0.2, -0.15) is 0 Å². The third kappa shape index (κ3) is 5.02. The molecule has 4 aromatic rings. The second kappa shape index (κ2) is 9.17. The van der Waals surface area contributed by atoms with Gasteiger partial charge in [-0.3, -0.25) is 4.79 Å². The lowest BCUT2D eigenvalue weighted by Gasteiger charge is -2.10. The molecule has 0 atom stereocenters. The molecule has 4 heteroatoms. The van der Waals surface area contributed by atoms with E-state index in [0.717, 1.165) is 12.1 Å². The molecular formula is C27H27FN2O. The molecule has 0 radical (unpaired) electrons.